The third-order valence-corrected chi connectivity index (χ3v) is 7.16. The monoisotopic (exact) mass is 521 g/mol. The summed E-state index contributed by atoms with van der Waals surface area (Å²) in [6, 6.07) is 9.97. The standard InChI is InChI=1S/C28H31N3O5S/c1-6-7-8-13-36-21-12-11-19(15-22(21)35-5)24-23(25(32)20-14-16(2)9-10-17(20)3)26(33)27(34)31(24)28-30-29-18(4)37-28/h9-12,14-15,24,32H,6-8,13H2,1-5H3. The number of aromatic nitrogens is 2. The third-order valence-electron chi connectivity index (χ3n) is 6.32. The smallest absolute Gasteiger partial charge is 0.301 e. The van der Waals surface area contributed by atoms with E-state index in [2.05, 4.69) is 17.1 Å². The van der Waals surface area contributed by atoms with Crippen molar-refractivity contribution in [3.63, 3.8) is 0 Å². The zero-order valence-electron chi connectivity index (χ0n) is 21.7. The lowest BCUT2D eigenvalue weighted by Crippen LogP contribution is -2.29. The van der Waals surface area contributed by atoms with Gasteiger partial charge < -0.3 is 14.6 Å². The van der Waals surface area contributed by atoms with Crippen LogP contribution in [0.15, 0.2) is 42.0 Å². The summed E-state index contributed by atoms with van der Waals surface area (Å²) in [5.74, 6) is -0.741. The highest BCUT2D eigenvalue weighted by Crippen LogP contribution is 2.45. The summed E-state index contributed by atoms with van der Waals surface area (Å²) in [5, 5.41) is 20.6. The first-order valence-electron chi connectivity index (χ1n) is 12.3. The quantitative estimate of drug-likeness (QED) is 0.168. The number of aryl methyl sites for hydroxylation is 3. The number of hydrogen-bond acceptors (Lipinski definition) is 8. The molecule has 9 heteroatoms. The van der Waals surface area contributed by atoms with Crippen molar-refractivity contribution in [3.05, 3.63) is 69.2 Å². The van der Waals surface area contributed by atoms with Crippen LogP contribution < -0.4 is 14.4 Å². The van der Waals surface area contributed by atoms with Crippen LogP contribution in [0.1, 0.15) is 59.5 Å². The molecule has 2 aromatic carbocycles. The van der Waals surface area contributed by atoms with Crippen LogP contribution in [0.4, 0.5) is 5.13 Å². The number of rotatable bonds is 9. The molecule has 1 unspecified atom stereocenters. The molecule has 0 radical (unpaired) electrons. The number of aliphatic hydroxyl groups is 1. The Balaban J connectivity index is 1.87. The first-order valence-corrected chi connectivity index (χ1v) is 13.1. The van der Waals surface area contributed by atoms with Gasteiger partial charge in [-0.25, -0.2) is 0 Å². The van der Waals surface area contributed by atoms with Crippen molar-refractivity contribution >= 4 is 33.9 Å². The number of anilines is 1. The molecule has 194 valence electrons. The number of methoxy groups -OCH3 is 1. The van der Waals surface area contributed by atoms with Gasteiger partial charge in [-0.3, -0.25) is 14.5 Å². The molecular formula is C28H31N3O5S. The minimum absolute atomic E-state index is 0.00906. The van der Waals surface area contributed by atoms with Crippen LogP contribution in [0.2, 0.25) is 0 Å². The summed E-state index contributed by atoms with van der Waals surface area (Å²) < 4.78 is 11.5. The number of nitrogens with zero attached hydrogens (tertiary/aromatic N) is 3. The lowest BCUT2D eigenvalue weighted by Gasteiger charge is -2.23. The second-order valence-electron chi connectivity index (χ2n) is 9.06. The molecule has 1 aromatic heterocycles. The van der Waals surface area contributed by atoms with E-state index in [9.17, 15) is 14.7 Å². The number of carbonyl (C=O) groups excluding carboxylic acids is 2. The molecule has 1 aliphatic heterocycles. The van der Waals surface area contributed by atoms with Crippen molar-refractivity contribution in [2.24, 2.45) is 0 Å². The number of unbranched alkanes of at least 4 members (excludes halogenated alkanes) is 2. The maximum absolute atomic E-state index is 13.4. The maximum atomic E-state index is 13.4. The number of benzene rings is 2. The molecule has 0 saturated carbocycles. The first kappa shape index (κ1) is 26.3. The number of ketones is 1. The number of Topliss-reactive ketones (excluding diaryl/α,β-unsaturated/α-hetero) is 1. The van der Waals surface area contributed by atoms with Crippen LogP contribution in [0, 0.1) is 20.8 Å². The SMILES string of the molecule is CCCCCOc1ccc(C2C(=C(O)c3cc(C)ccc3C)C(=O)C(=O)N2c2nnc(C)s2)cc1OC. The molecule has 0 bridgehead atoms. The first-order chi connectivity index (χ1) is 17.8. The third kappa shape index (κ3) is 5.22. The van der Waals surface area contributed by atoms with Gasteiger partial charge in [0.1, 0.15) is 10.8 Å². The van der Waals surface area contributed by atoms with Crippen LogP contribution >= 0.6 is 11.3 Å². The molecule has 1 amide bonds. The Morgan fingerprint density at radius 2 is 1.84 bits per heavy atom. The van der Waals surface area contributed by atoms with E-state index in [1.165, 1.54) is 16.2 Å². The zero-order chi connectivity index (χ0) is 26.7. The Labute approximate surface area is 220 Å². The topological polar surface area (TPSA) is 102 Å². The molecule has 1 saturated heterocycles. The number of ether oxygens (including phenoxy) is 2. The summed E-state index contributed by atoms with van der Waals surface area (Å²) in [5.41, 5.74) is 2.78. The van der Waals surface area contributed by atoms with Crippen LogP contribution in [-0.4, -0.2) is 40.7 Å². The van der Waals surface area contributed by atoms with Crippen LogP contribution in [0.3, 0.4) is 0 Å². The van der Waals surface area contributed by atoms with Crippen molar-refractivity contribution < 1.29 is 24.2 Å². The molecule has 4 rings (SSSR count). The Bertz CT molecular complexity index is 1360. The maximum Gasteiger partial charge on any atom is 0.301 e. The van der Waals surface area contributed by atoms with Crippen molar-refractivity contribution in [1.82, 2.24) is 10.2 Å². The predicted molar refractivity (Wildman–Crippen MR) is 143 cm³/mol. The van der Waals surface area contributed by atoms with E-state index in [4.69, 9.17) is 9.47 Å². The van der Waals surface area contributed by atoms with E-state index in [1.54, 1.807) is 38.3 Å². The summed E-state index contributed by atoms with van der Waals surface area (Å²) in [6.45, 7) is 8.21. The van der Waals surface area contributed by atoms with Gasteiger partial charge in [0.2, 0.25) is 5.13 Å². The van der Waals surface area contributed by atoms with Crippen molar-refractivity contribution in [3.8, 4) is 11.5 Å². The van der Waals surface area contributed by atoms with Gasteiger partial charge in [-0.05, 0) is 56.5 Å². The Hall–Kier alpha value is -3.72. The second kappa shape index (κ2) is 11.1. The average Bonchev–Trinajstić information content (AvgIpc) is 3.43. The van der Waals surface area contributed by atoms with Crippen LogP contribution in [-0.2, 0) is 9.59 Å². The molecule has 37 heavy (non-hydrogen) atoms. The summed E-state index contributed by atoms with van der Waals surface area (Å²) in [4.78, 5) is 28.0. The second-order valence-corrected chi connectivity index (χ2v) is 10.2. The van der Waals surface area contributed by atoms with E-state index in [-0.39, 0.29) is 16.5 Å². The number of aliphatic hydroxyl groups excluding tert-OH is 1. The van der Waals surface area contributed by atoms with Gasteiger partial charge in [0.25, 0.3) is 5.78 Å². The minimum atomic E-state index is -0.921. The lowest BCUT2D eigenvalue weighted by molar-refractivity contribution is -0.132. The molecule has 8 nitrogen and oxygen atoms in total. The Morgan fingerprint density at radius 1 is 1.05 bits per heavy atom. The Morgan fingerprint density at radius 3 is 2.51 bits per heavy atom. The van der Waals surface area contributed by atoms with Crippen molar-refractivity contribution in [1.29, 1.82) is 0 Å². The van der Waals surface area contributed by atoms with Gasteiger partial charge in [-0.2, -0.15) is 0 Å². The van der Waals surface area contributed by atoms with E-state index < -0.39 is 17.7 Å². The van der Waals surface area contributed by atoms with Crippen molar-refractivity contribution in [2.75, 3.05) is 18.6 Å². The highest BCUT2D eigenvalue weighted by molar-refractivity contribution is 7.15. The van der Waals surface area contributed by atoms with E-state index in [0.717, 1.165) is 30.4 Å². The fourth-order valence-corrected chi connectivity index (χ4v) is 5.09. The van der Waals surface area contributed by atoms with Gasteiger partial charge in [-0.15, -0.1) is 10.2 Å². The van der Waals surface area contributed by atoms with E-state index >= 15 is 0 Å². The molecule has 1 N–H and O–H groups in total. The normalized spacial score (nSPS) is 16.9. The predicted octanol–water partition coefficient (Wildman–Crippen LogP) is 5.67. The number of amides is 1. The van der Waals surface area contributed by atoms with E-state index in [0.29, 0.717) is 34.2 Å². The molecule has 3 aromatic rings. The minimum Gasteiger partial charge on any atom is -0.507 e. The largest absolute Gasteiger partial charge is 0.507 e. The summed E-state index contributed by atoms with van der Waals surface area (Å²) in [6.07, 6.45) is 3.08. The molecule has 0 aliphatic carbocycles. The molecule has 0 spiro atoms. The van der Waals surface area contributed by atoms with Crippen LogP contribution in [0.5, 0.6) is 11.5 Å². The summed E-state index contributed by atoms with van der Waals surface area (Å²) in [7, 11) is 1.54. The fraction of sp³-hybridized carbons (Fsp3) is 0.357. The zero-order valence-corrected chi connectivity index (χ0v) is 22.5. The summed E-state index contributed by atoms with van der Waals surface area (Å²) >= 11 is 1.20. The molecule has 1 atom stereocenters. The van der Waals surface area contributed by atoms with Gasteiger partial charge in [0, 0.05) is 5.56 Å². The highest BCUT2D eigenvalue weighted by Gasteiger charge is 2.48. The van der Waals surface area contributed by atoms with Gasteiger partial charge in [0.05, 0.1) is 25.3 Å². The molecule has 2 heterocycles. The Kier molecular flexibility index (Phi) is 7.92. The van der Waals surface area contributed by atoms with Gasteiger partial charge >= 0.3 is 5.91 Å². The van der Waals surface area contributed by atoms with Crippen molar-refractivity contribution in [2.45, 2.75) is 53.0 Å². The molecule has 1 fully saturated rings. The highest BCUT2D eigenvalue weighted by atomic mass is 32.1. The van der Waals surface area contributed by atoms with E-state index in [1.807, 2.05) is 26.0 Å². The fourth-order valence-electron chi connectivity index (χ4n) is 4.37. The number of carbonyl (C=O) groups is 2. The number of hydrogen-bond donors (Lipinski definition) is 1. The average molecular weight is 522 g/mol. The van der Waals surface area contributed by atoms with Gasteiger partial charge in [-0.1, -0.05) is 54.9 Å². The molecular weight excluding hydrogens is 490 g/mol. The van der Waals surface area contributed by atoms with Gasteiger partial charge in [0.15, 0.2) is 11.5 Å². The van der Waals surface area contributed by atoms with Crippen LogP contribution in [0.25, 0.3) is 5.76 Å². The lowest BCUT2D eigenvalue weighted by atomic mass is 9.93. The molecule has 1 aliphatic rings.